The molecular formula is C40H30Cl2N2O6. The molecule has 8 nitrogen and oxygen atoms in total. The molecule has 0 aromatic heterocycles. The Bertz CT molecular complexity index is 2160. The fourth-order valence-corrected chi connectivity index (χ4v) is 5.91. The highest BCUT2D eigenvalue weighted by atomic mass is 35.5. The van der Waals surface area contributed by atoms with E-state index in [0.29, 0.717) is 22.0 Å². The molecule has 0 bridgehead atoms. The molecule has 0 aliphatic carbocycles. The minimum absolute atomic E-state index is 0.00503. The van der Waals surface area contributed by atoms with Crippen LogP contribution in [0.25, 0.3) is 33.4 Å². The molecule has 0 atom stereocenters. The number of carboxylic acids is 1. The van der Waals surface area contributed by atoms with Gasteiger partial charge in [-0.25, -0.2) is 9.68 Å². The van der Waals surface area contributed by atoms with Crippen LogP contribution in [0.3, 0.4) is 0 Å². The number of carbonyl (C=O) groups is 2. The first kappa shape index (κ1) is 34.4. The van der Waals surface area contributed by atoms with Gasteiger partial charge in [0.15, 0.2) is 0 Å². The summed E-state index contributed by atoms with van der Waals surface area (Å²) < 4.78 is 0. The number of anilines is 2. The molecule has 250 valence electrons. The zero-order valence-corrected chi connectivity index (χ0v) is 27.9. The molecule has 0 aliphatic heterocycles. The predicted octanol–water partition coefficient (Wildman–Crippen LogP) is 10.5. The molecule has 0 unspecified atom stereocenters. The second kappa shape index (κ2) is 15.8. The zero-order chi connectivity index (χ0) is 35.0. The molecular weight excluding hydrogens is 675 g/mol. The minimum atomic E-state index is -1.21. The van der Waals surface area contributed by atoms with Gasteiger partial charge in [-0.3, -0.25) is 20.4 Å². The Hall–Kier alpha value is -5.48. The number of nitrogens with one attached hydrogen (secondary N) is 2. The summed E-state index contributed by atoms with van der Waals surface area (Å²) in [5.41, 5.74) is 10.3. The summed E-state index contributed by atoms with van der Waals surface area (Å²) in [4.78, 5) is 35.4. The third kappa shape index (κ3) is 8.03. The van der Waals surface area contributed by atoms with Crippen molar-refractivity contribution in [3.05, 3.63) is 166 Å². The van der Waals surface area contributed by atoms with Gasteiger partial charge < -0.3 is 10.4 Å². The molecule has 50 heavy (non-hydrogen) atoms. The van der Waals surface area contributed by atoms with Crippen LogP contribution in [-0.2, 0) is 22.9 Å². The van der Waals surface area contributed by atoms with Crippen molar-refractivity contribution in [1.82, 2.24) is 0 Å². The smallest absolute Gasteiger partial charge is 0.336 e. The van der Waals surface area contributed by atoms with Crippen molar-refractivity contribution in [1.29, 1.82) is 0 Å². The van der Waals surface area contributed by atoms with Crippen molar-refractivity contribution in [2.24, 2.45) is 0 Å². The largest absolute Gasteiger partial charge is 0.478 e. The summed E-state index contributed by atoms with van der Waals surface area (Å²) in [6.07, 6.45) is 0. The monoisotopic (exact) mass is 704 g/mol. The Balaban J connectivity index is 1.11. The molecule has 10 heteroatoms. The molecule has 0 heterocycles. The van der Waals surface area contributed by atoms with Crippen LogP contribution in [0, 0.1) is 0 Å². The maximum absolute atomic E-state index is 13.2. The van der Waals surface area contributed by atoms with Crippen LogP contribution in [0.2, 0.25) is 10.0 Å². The molecule has 0 aliphatic rings. The van der Waals surface area contributed by atoms with E-state index in [4.69, 9.17) is 33.3 Å². The highest BCUT2D eigenvalue weighted by molar-refractivity contribution is 6.34. The normalized spacial score (nSPS) is 10.9. The van der Waals surface area contributed by atoms with E-state index in [0.717, 1.165) is 38.9 Å². The second-order valence-corrected chi connectivity index (χ2v) is 12.1. The summed E-state index contributed by atoms with van der Waals surface area (Å²) in [5.74, 6) is -1.81. The zero-order valence-electron chi connectivity index (χ0n) is 26.4. The fraction of sp³-hybridized carbons (Fsp3) is 0.0500. The number of amides is 1. The molecule has 0 fully saturated rings. The Morgan fingerprint density at radius 2 is 1.10 bits per heavy atom. The van der Waals surface area contributed by atoms with Gasteiger partial charge in [-0.15, -0.1) is 0 Å². The van der Waals surface area contributed by atoms with Gasteiger partial charge >= 0.3 is 5.97 Å². The molecule has 6 aromatic rings. The average molecular weight is 706 g/mol. The van der Waals surface area contributed by atoms with Crippen LogP contribution in [0.15, 0.2) is 133 Å². The number of halogens is 2. The third-order valence-corrected chi connectivity index (χ3v) is 8.69. The lowest BCUT2D eigenvalue weighted by molar-refractivity contribution is -0.253. The lowest BCUT2D eigenvalue weighted by Crippen LogP contribution is -2.16. The lowest BCUT2D eigenvalue weighted by atomic mass is 9.98. The van der Waals surface area contributed by atoms with Crippen LogP contribution in [-0.4, -0.2) is 22.2 Å². The van der Waals surface area contributed by atoms with Gasteiger partial charge in [0.25, 0.3) is 5.91 Å². The standard InChI is InChI=1S/C40H30Cl2N2O6/c41-35-21-29(14-17-37(35)43-39(45)33-16-13-28(20-34(33)40(46)47)26-9-5-2-6-10-26)30-15-18-38(36(42)22-30)44-49-23-31-12-11-27(19-32(31)24-50-48)25-7-3-1-4-8-25/h1-22,44,48H,23-24H2,(H,43,45)(H,46,47). The summed E-state index contributed by atoms with van der Waals surface area (Å²) in [7, 11) is 0. The highest BCUT2D eigenvalue weighted by Gasteiger charge is 2.19. The van der Waals surface area contributed by atoms with E-state index in [1.54, 1.807) is 36.4 Å². The van der Waals surface area contributed by atoms with Crippen molar-refractivity contribution in [3.63, 3.8) is 0 Å². The predicted molar refractivity (Wildman–Crippen MR) is 196 cm³/mol. The van der Waals surface area contributed by atoms with Crippen molar-refractivity contribution in [2.75, 3.05) is 10.8 Å². The minimum Gasteiger partial charge on any atom is -0.478 e. The first-order valence-electron chi connectivity index (χ1n) is 15.5. The molecule has 1 amide bonds. The van der Waals surface area contributed by atoms with E-state index >= 15 is 0 Å². The van der Waals surface area contributed by atoms with Crippen LogP contribution >= 0.6 is 23.2 Å². The van der Waals surface area contributed by atoms with Crippen molar-refractivity contribution >= 4 is 46.5 Å². The summed E-state index contributed by atoms with van der Waals surface area (Å²) in [5, 5.41) is 22.4. The number of hydrogen-bond acceptors (Lipinski definition) is 6. The van der Waals surface area contributed by atoms with Gasteiger partial charge in [-0.2, -0.15) is 0 Å². The van der Waals surface area contributed by atoms with Crippen LogP contribution in [0.5, 0.6) is 0 Å². The fourth-order valence-electron chi connectivity index (χ4n) is 5.46. The van der Waals surface area contributed by atoms with Gasteiger partial charge in [0.05, 0.1) is 39.2 Å². The van der Waals surface area contributed by atoms with Gasteiger partial charge in [0.1, 0.15) is 6.61 Å². The summed E-state index contributed by atoms with van der Waals surface area (Å²) in [6.45, 7) is 0.185. The summed E-state index contributed by atoms with van der Waals surface area (Å²) >= 11 is 13.2. The first-order valence-corrected chi connectivity index (χ1v) is 16.2. The maximum Gasteiger partial charge on any atom is 0.336 e. The maximum atomic E-state index is 13.2. The Morgan fingerprint density at radius 1 is 0.560 bits per heavy atom. The number of rotatable bonds is 12. The summed E-state index contributed by atoms with van der Waals surface area (Å²) in [6, 6.07) is 40.2. The second-order valence-electron chi connectivity index (χ2n) is 11.3. The first-order chi connectivity index (χ1) is 24.3. The Labute approximate surface area is 298 Å². The Kier molecular flexibility index (Phi) is 10.9. The van der Waals surface area contributed by atoms with Crippen LogP contribution in [0.4, 0.5) is 11.4 Å². The van der Waals surface area contributed by atoms with E-state index in [9.17, 15) is 14.7 Å². The number of carboxylic acid groups (broad SMARTS) is 1. The third-order valence-electron chi connectivity index (χ3n) is 8.06. The van der Waals surface area contributed by atoms with Crippen LogP contribution in [0.1, 0.15) is 31.8 Å². The highest BCUT2D eigenvalue weighted by Crippen LogP contribution is 2.34. The van der Waals surface area contributed by atoms with Gasteiger partial charge in [0, 0.05) is 0 Å². The van der Waals surface area contributed by atoms with Crippen molar-refractivity contribution < 1.29 is 29.7 Å². The lowest BCUT2D eigenvalue weighted by Gasteiger charge is -2.14. The Morgan fingerprint density at radius 3 is 1.68 bits per heavy atom. The van der Waals surface area contributed by atoms with Gasteiger partial charge in [-0.1, -0.05) is 114 Å². The van der Waals surface area contributed by atoms with Crippen LogP contribution < -0.4 is 10.8 Å². The molecule has 0 saturated heterocycles. The number of hydrogen-bond donors (Lipinski definition) is 4. The number of benzene rings is 6. The quantitative estimate of drug-likeness (QED) is 0.0740. The van der Waals surface area contributed by atoms with E-state index in [2.05, 4.69) is 15.7 Å². The number of aromatic carboxylic acids is 1. The van der Waals surface area contributed by atoms with E-state index in [1.807, 2.05) is 84.9 Å². The van der Waals surface area contributed by atoms with E-state index in [-0.39, 0.29) is 29.4 Å². The molecule has 6 aromatic carbocycles. The molecule has 4 N–H and O–H groups in total. The average Bonchev–Trinajstić information content (AvgIpc) is 3.14. The SMILES string of the molecule is O=C(O)c1cc(-c2ccccc2)ccc1C(=O)Nc1ccc(-c2ccc(NOCc3ccc(-c4ccccc4)cc3COO)c(Cl)c2)cc1Cl. The topological polar surface area (TPSA) is 117 Å². The van der Waals surface area contributed by atoms with Gasteiger partial charge in [-0.05, 0) is 87.0 Å². The molecule has 0 radical (unpaired) electrons. The van der Waals surface area contributed by atoms with E-state index < -0.39 is 11.9 Å². The van der Waals surface area contributed by atoms with E-state index in [1.165, 1.54) is 12.1 Å². The molecule has 6 rings (SSSR count). The molecule has 0 spiro atoms. The van der Waals surface area contributed by atoms with Gasteiger partial charge in [0.2, 0.25) is 0 Å². The number of carbonyl (C=O) groups excluding carboxylic acids is 1. The molecule has 0 saturated carbocycles. The van der Waals surface area contributed by atoms with Crippen molar-refractivity contribution in [2.45, 2.75) is 13.2 Å². The van der Waals surface area contributed by atoms with Crippen molar-refractivity contribution in [3.8, 4) is 33.4 Å².